The third-order valence-electron chi connectivity index (χ3n) is 8.14. The first kappa shape index (κ1) is 22.5. The van der Waals surface area contributed by atoms with E-state index < -0.39 is 0 Å². The van der Waals surface area contributed by atoms with E-state index in [2.05, 4.69) is 42.6 Å². The van der Waals surface area contributed by atoms with Crippen LogP contribution in [0.15, 0.2) is 42.5 Å². The van der Waals surface area contributed by atoms with Gasteiger partial charge in [0.2, 0.25) is 0 Å². The van der Waals surface area contributed by atoms with Crippen LogP contribution >= 0.6 is 0 Å². The van der Waals surface area contributed by atoms with Crippen molar-refractivity contribution in [3.8, 4) is 11.1 Å². The molecule has 0 amide bonds. The molecule has 0 bridgehead atoms. The highest BCUT2D eigenvalue weighted by molar-refractivity contribution is 5.64. The van der Waals surface area contributed by atoms with Crippen LogP contribution < -0.4 is 11.1 Å². The second-order valence-corrected chi connectivity index (χ2v) is 9.88. The number of nitrogens with two attached hydrogens (primary N) is 1. The molecule has 2 aliphatic carbocycles. The second-order valence-electron chi connectivity index (χ2n) is 9.88. The lowest BCUT2D eigenvalue weighted by Crippen LogP contribution is -2.32. The summed E-state index contributed by atoms with van der Waals surface area (Å²) in [5, 5.41) is 3.36. The van der Waals surface area contributed by atoms with Crippen molar-refractivity contribution in [3.05, 3.63) is 59.4 Å². The van der Waals surface area contributed by atoms with E-state index in [9.17, 15) is 4.39 Å². The number of hydrogen-bond donors (Lipinski definition) is 2. The SMILES string of the molecule is CCC(N)C1CCC(c2ccc(-c3ccc(C4CCC(NC)CC4)c(F)c3)cc2)CC1. The molecule has 2 fully saturated rings. The summed E-state index contributed by atoms with van der Waals surface area (Å²) in [6, 6.07) is 15.7. The van der Waals surface area contributed by atoms with E-state index in [0.29, 0.717) is 29.8 Å². The van der Waals surface area contributed by atoms with Gasteiger partial charge in [-0.3, -0.25) is 0 Å². The molecule has 2 aromatic carbocycles. The molecule has 1 unspecified atom stereocenters. The highest BCUT2D eigenvalue weighted by atomic mass is 19.1. The number of hydrogen-bond acceptors (Lipinski definition) is 2. The summed E-state index contributed by atoms with van der Waals surface area (Å²) in [6.45, 7) is 2.19. The lowest BCUT2D eigenvalue weighted by molar-refractivity contribution is 0.277. The summed E-state index contributed by atoms with van der Waals surface area (Å²) in [7, 11) is 2.03. The van der Waals surface area contributed by atoms with Crippen LogP contribution in [0.4, 0.5) is 4.39 Å². The highest BCUT2D eigenvalue weighted by Gasteiger charge is 2.26. The first-order valence-electron chi connectivity index (χ1n) is 12.4. The Morgan fingerprint density at radius 1 is 0.871 bits per heavy atom. The molecule has 0 saturated heterocycles. The minimum Gasteiger partial charge on any atom is -0.327 e. The highest BCUT2D eigenvalue weighted by Crippen LogP contribution is 2.38. The minimum atomic E-state index is -0.0416. The molecule has 3 heteroatoms. The number of benzene rings is 2. The van der Waals surface area contributed by atoms with Gasteiger partial charge >= 0.3 is 0 Å². The maximum Gasteiger partial charge on any atom is 0.127 e. The van der Waals surface area contributed by atoms with Gasteiger partial charge in [0.25, 0.3) is 0 Å². The van der Waals surface area contributed by atoms with Crippen LogP contribution in [0.25, 0.3) is 11.1 Å². The fraction of sp³-hybridized carbons (Fsp3) is 0.571. The Labute approximate surface area is 187 Å². The van der Waals surface area contributed by atoms with Gasteiger partial charge in [0, 0.05) is 12.1 Å². The molecule has 3 N–H and O–H groups in total. The lowest BCUT2D eigenvalue weighted by atomic mass is 9.75. The number of halogens is 1. The van der Waals surface area contributed by atoms with Gasteiger partial charge in [0.15, 0.2) is 0 Å². The first-order chi connectivity index (χ1) is 15.1. The summed E-state index contributed by atoms with van der Waals surface area (Å²) >= 11 is 0. The predicted molar refractivity (Wildman–Crippen MR) is 129 cm³/mol. The summed E-state index contributed by atoms with van der Waals surface area (Å²) in [6.07, 6.45) is 10.4. The number of nitrogens with one attached hydrogen (secondary N) is 1. The average Bonchev–Trinajstić information content (AvgIpc) is 2.84. The standard InChI is InChI=1S/C28H39FN2/c1-3-28(30)23-10-8-20(9-11-23)19-4-6-21(7-5-19)24-14-17-26(27(29)18-24)22-12-15-25(31-2)16-13-22/h4-7,14,17-18,20,22-23,25,28,31H,3,8-13,15-16,30H2,1-2H3. The molecule has 0 spiro atoms. The Hall–Kier alpha value is -1.71. The van der Waals surface area contributed by atoms with E-state index in [-0.39, 0.29) is 5.82 Å². The molecule has 0 aliphatic heterocycles. The van der Waals surface area contributed by atoms with Crippen LogP contribution in [-0.4, -0.2) is 19.1 Å². The normalized spacial score (nSPS) is 27.7. The van der Waals surface area contributed by atoms with Crippen LogP contribution in [0.1, 0.15) is 87.7 Å². The number of rotatable bonds is 6. The van der Waals surface area contributed by atoms with Crippen LogP contribution in [0, 0.1) is 11.7 Å². The molecule has 0 heterocycles. The fourth-order valence-corrected chi connectivity index (χ4v) is 5.89. The zero-order valence-electron chi connectivity index (χ0n) is 19.2. The molecule has 4 rings (SSSR count). The van der Waals surface area contributed by atoms with Gasteiger partial charge in [-0.05, 0) is 111 Å². The van der Waals surface area contributed by atoms with Gasteiger partial charge in [-0.25, -0.2) is 4.39 Å². The molecule has 168 valence electrons. The Balaban J connectivity index is 1.40. The van der Waals surface area contributed by atoms with Gasteiger partial charge in [-0.2, -0.15) is 0 Å². The van der Waals surface area contributed by atoms with Crippen molar-refractivity contribution >= 4 is 0 Å². The average molecular weight is 423 g/mol. The maximum atomic E-state index is 15.0. The molecular formula is C28H39FN2. The monoisotopic (exact) mass is 422 g/mol. The predicted octanol–water partition coefficient (Wildman–Crippen LogP) is 6.75. The van der Waals surface area contributed by atoms with Gasteiger partial charge in [0.1, 0.15) is 5.82 Å². The van der Waals surface area contributed by atoms with Crippen molar-refractivity contribution in [2.24, 2.45) is 11.7 Å². The molecule has 0 aromatic heterocycles. The largest absolute Gasteiger partial charge is 0.327 e. The molecular weight excluding hydrogens is 383 g/mol. The zero-order valence-corrected chi connectivity index (χ0v) is 19.2. The van der Waals surface area contributed by atoms with Crippen molar-refractivity contribution in [1.82, 2.24) is 5.32 Å². The Morgan fingerprint density at radius 2 is 1.48 bits per heavy atom. The van der Waals surface area contributed by atoms with Crippen LogP contribution in [-0.2, 0) is 0 Å². The molecule has 1 atom stereocenters. The van der Waals surface area contributed by atoms with Gasteiger partial charge in [0.05, 0.1) is 0 Å². The molecule has 31 heavy (non-hydrogen) atoms. The zero-order chi connectivity index (χ0) is 21.8. The lowest BCUT2D eigenvalue weighted by Gasteiger charge is -2.32. The van der Waals surface area contributed by atoms with Gasteiger partial charge in [-0.1, -0.05) is 43.3 Å². The molecule has 2 nitrogen and oxygen atoms in total. The van der Waals surface area contributed by atoms with Crippen molar-refractivity contribution in [2.45, 2.75) is 88.6 Å². The fourth-order valence-electron chi connectivity index (χ4n) is 5.89. The van der Waals surface area contributed by atoms with E-state index in [1.54, 1.807) is 6.07 Å². The van der Waals surface area contributed by atoms with Crippen molar-refractivity contribution < 1.29 is 4.39 Å². The smallest absolute Gasteiger partial charge is 0.127 e. The molecule has 2 saturated carbocycles. The van der Waals surface area contributed by atoms with Crippen molar-refractivity contribution in [1.29, 1.82) is 0 Å². The summed E-state index contributed by atoms with van der Waals surface area (Å²) in [5.41, 5.74) is 10.7. The Kier molecular flexibility index (Phi) is 7.45. The topological polar surface area (TPSA) is 38.0 Å². The van der Waals surface area contributed by atoms with E-state index >= 15 is 0 Å². The van der Waals surface area contributed by atoms with E-state index in [1.165, 1.54) is 31.2 Å². The maximum absolute atomic E-state index is 15.0. The van der Waals surface area contributed by atoms with Crippen molar-refractivity contribution in [3.63, 3.8) is 0 Å². The molecule has 2 aliphatic rings. The third kappa shape index (κ3) is 5.21. The molecule has 2 aromatic rings. The van der Waals surface area contributed by atoms with Crippen LogP contribution in [0.2, 0.25) is 0 Å². The van der Waals surface area contributed by atoms with E-state index in [0.717, 1.165) is 48.8 Å². The minimum absolute atomic E-state index is 0.0416. The van der Waals surface area contributed by atoms with Gasteiger partial charge in [-0.15, -0.1) is 0 Å². The van der Waals surface area contributed by atoms with Crippen LogP contribution in [0.3, 0.4) is 0 Å². The summed E-state index contributed by atoms with van der Waals surface area (Å²) < 4.78 is 15.0. The van der Waals surface area contributed by atoms with E-state index in [4.69, 9.17) is 5.73 Å². The molecule has 0 radical (unpaired) electrons. The van der Waals surface area contributed by atoms with Crippen LogP contribution in [0.5, 0.6) is 0 Å². The Bertz CT molecular complexity index is 831. The Morgan fingerprint density at radius 3 is 2.06 bits per heavy atom. The summed E-state index contributed by atoms with van der Waals surface area (Å²) in [4.78, 5) is 0. The van der Waals surface area contributed by atoms with E-state index in [1.807, 2.05) is 13.1 Å². The van der Waals surface area contributed by atoms with Crippen molar-refractivity contribution in [2.75, 3.05) is 7.05 Å². The van der Waals surface area contributed by atoms with Gasteiger partial charge < -0.3 is 11.1 Å². The summed E-state index contributed by atoms with van der Waals surface area (Å²) in [5.74, 6) is 1.65. The quantitative estimate of drug-likeness (QED) is 0.540. The first-order valence-corrected chi connectivity index (χ1v) is 12.4. The third-order valence-corrected chi connectivity index (χ3v) is 8.14. The second kappa shape index (κ2) is 10.3.